The first kappa shape index (κ1) is 16.9. The number of hydrogen-bond donors (Lipinski definition) is 2. The molecule has 0 bridgehead atoms. The van der Waals surface area contributed by atoms with Crippen molar-refractivity contribution in [3.05, 3.63) is 84.3 Å². The van der Waals surface area contributed by atoms with Crippen molar-refractivity contribution in [1.82, 2.24) is 15.0 Å². The quantitative estimate of drug-likeness (QED) is 0.535. The lowest BCUT2D eigenvalue weighted by atomic mass is 10.2. The highest BCUT2D eigenvalue weighted by Gasteiger charge is 2.07. The Bertz CT molecular complexity index is 1050. The van der Waals surface area contributed by atoms with Crippen molar-refractivity contribution < 1.29 is 4.79 Å². The number of nitrogens with zero attached hydrogens (tertiary/aromatic N) is 3. The summed E-state index contributed by atoms with van der Waals surface area (Å²) in [6, 6.07) is 14.7. The first-order valence-electron chi connectivity index (χ1n) is 8.22. The minimum Gasteiger partial charge on any atom is -0.331 e. The zero-order valence-corrected chi connectivity index (χ0v) is 15.0. The summed E-state index contributed by atoms with van der Waals surface area (Å²) in [5.74, 6) is -0.177. The van der Waals surface area contributed by atoms with Crippen LogP contribution < -0.4 is 10.6 Å². The minimum atomic E-state index is -0.177. The first-order chi connectivity index (χ1) is 13.3. The third-order valence-corrected chi connectivity index (χ3v) is 4.55. The van der Waals surface area contributed by atoms with Crippen LogP contribution in [0.2, 0.25) is 0 Å². The van der Waals surface area contributed by atoms with Gasteiger partial charge in [0.2, 0.25) is 0 Å². The summed E-state index contributed by atoms with van der Waals surface area (Å²) in [5.41, 5.74) is 4.02. The van der Waals surface area contributed by atoms with E-state index in [-0.39, 0.29) is 5.91 Å². The molecule has 4 rings (SSSR count). The zero-order valence-electron chi connectivity index (χ0n) is 14.2. The van der Waals surface area contributed by atoms with Crippen molar-refractivity contribution >= 4 is 33.8 Å². The Balaban J connectivity index is 1.47. The lowest BCUT2D eigenvalue weighted by Crippen LogP contribution is -2.11. The minimum absolute atomic E-state index is 0.177. The van der Waals surface area contributed by atoms with Crippen molar-refractivity contribution in [1.29, 1.82) is 0 Å². The number of benzene rings is 1. The van der Waals surface area contributed by atoms with Crippen LogP contribution in [0.4, 0.5) is 16.5 Å². The summed E-state index contributed by atoms with van der Waals surface area (Å²) in [5, 5.41) is 8.93. The van der Waals surface area contributed by atoms with Crippen LogP contribution in [0.25, 0.3) is 11.3 Å². The molecule has 1 aromatic carbocycles. The van der Waals surface area contributed by atoms with Gasteiger partial charge in [0.25, 0.3) is 5.91 Å². The number of carbonyl (C=O) groups is 1. The Morgan fingerprint density at radius 3 is 2.37 bits per heavy atom. The fraction of sp³-hybridized carbons (Fsp3) is 0. The van der Waals surface area contributed by atoms with Crippen LogP contribution in [0.3, 0.4) is 0 Å². The predicted octanol–water partition coefficient (Wildman–Crippen LogP) is 4.60. The second kappa shape index (κ2) is 7.76. The fourth-order valence-electron chi connectivity index (χ4n) is 2.49. The van der Waals surface area contributed by atoms with Crippen molar-refractivity contribution in [2.24, 2.45) is 0 Å². The average Bonchev–Trinajstić information content (AvgIpc) is 3.18. The van der Waals surface area contributed by atoms with Gasteiger partial charge in [0.1, 0.15) is 0 Å². The largest absolute Gasteiger partial charge is 0.331 e. The summed E-state index contributed by atoms with van der Waals surface area (Å²) < 4.78 is 0. The van der Waals surface area contributed by atoms with Crippen LogP contribution in [0.15, 0.2) is 78.7 Å². The number of aromatic nitrogens is 3. The first-order valence-corrected chi connectivity index (χ1v) is 9.10. The van der Waals surface area contributed by atoms with E-state index in [4.69, 9.17) is 0 Å². The monoisotopic (exact) mass is 373 g/mol. The number of anilines is 3. The second-order valence-corrected chi connectivity index (χ2v) is 6.53. The molecule has 132 valence electrons. The Morgan fingerprint density at radius 2 is 1.59 bits per heavy atom. The average molecular weight is 373 g/mol. The molecule has 0 saturated carbocycles. The van der Waals surface area contributed by atoms with E-state index >= 15 is 0 Å². The molecule has 0 aliphatic heterocycles. The molecule has 0 radical (unpaired) electrons. The standard InChI is InChI=1S/C20H15N5OS/c26-19(15-6-10-22-11-7-15)23-16-2-1-3-17(12-16)24-20-25-18(13-27-20)14-4-8-21-9-5-14/h1-13H,(H,23,26)(H,24,25). The third-order valence-electron chi connectivity index (χ3n) is 3.79. The van der Waals surface area contributed by atoms with E-state index in [1.807, 2.05) is 41.8 Å². The molecule has 0 spiro atoms. The molecular weight excluding hydrogens is 358 g/mol. The summed E-state index contributed by atoms with van der Waals surface area (Å²) in [6.07, 6.45) is 6.68. The van der Waals surface area contributed by atoms with E-state index in [0.717, 1.165) is 22.1 Å². The van der Waals surface area contributed by atoms with E-state index in [1.54, 1.807) is 36.9 Å². The Kier molecular flexibility index (Phi) is 4.84. The van der Waals surface area contributed by atoms with Gasteiger partial charge >= 0.3 is 0 Å². The maximum atomic E-state index is 12.3. The SMILES string of the molecule is O=C(Nc1cccc(Nc2nc(-c3ccncc3)cs2)c1)c1ccncc1. The molecule has 0 fully saturated rings. The van der Waals surface area contributed by atoms with E-state index in [1.165, 1.54) is 11.3 Å². The maximum absolute atomic E-state index is 12.3. The van der Waals surface area contributed by atoms with E-state index < -0.39 is 0 Å². The Morgan fingerprint density at radius 1 is 0.889 bits per heavy atom. The van der Waals surface area contributed by atoms with Gasteiger partial charge in [-0.1, -0.05) is 6.07 Å². The molecule has 0 unspecified atom stereocenters. The third kappa shape index (κ3) is 4.16. The molecule has 0 aliphatic carbocycles. The fourth-order valence-corrected chi connectivity index (χ4v) is 3.23. The van der Waals surface area contributed by atoms with Gasteiger partial charge in [0.15, 0.2) is 5.13 Å². The van der Waals surface area contributed by atoms with E-state index in [9.17, 15) is 4.79 Å². The Hall–Kier alpha value is -3.58. The normalized spacial score (nSPS) is 10.4. The summed E-state index contributed by atoms with van der Waals surface area (Å²) in [4.78, 5) is 24.8. The summed E-state index contributed by atoms with van der Waals surface area (Å²) >= 11 is 1.52. The molecule has 2 N–H and O–H groups in total. The van der Waals surface area contributed by atoms with Gasteiger partial charge in [-0.05, 0) is 42.5 Å². The number of hydrogen-bond acceptors (Lipinski definition) is 6. The van der Waals surface area contributed by atoms with Crippen LogP contribution in [0.5, 0.6) is 0 Å². The van der Waals surface area contributed by atoms with Gasteiger partial charge in [-0.2, -0.15) is 0 Å². The molecule has 4 aromatic rings. The van der Waals surface area contributed by atoms with Gasteiger partial charge in [0.05, 0.1) is 5.69 Å². The van der Waals surface area contributed by atoms with Crippen molar-refractivity contribution in [3.8, 4) is 11.3 Å². The van der Waals surface area contributed by atoms with Crippen molar-refractivity contribution in [2.45, 2.75) is 0 Å². The molecule has 3 heterocycles. The number of thiazole rings is 1. The zero-order chi connectivity index (χ0) is 18.5. The molecule has 0 atom stereocenters. The van der Waals surface area contributed by atoms with Crippen LogP contribution in [-0.2, 0) is 0 Å². The van der Waals surface area contributed by atoms with Crippen LogP contribution in [-0.4, -0.2) is 20.9 Å². The summed E-state index contributed by atoms with van der Waals surface area (Å²) in [7, 11) is 0. The van der Waals surface area contributed by atoms with E-state index in [2.05, 4.69) is 25.6 Å². The number of rotatable bonds is 5. The predicted molar refractivity (Wildman–Crippen MR) is 107 cm³/mol. The highest BCUT2D eigenvalue weighted by atomic mass is 32.1. The van der Waals surface area contributed by atoms with Crippen molar-refractivity contribution in [3.63, 3.8) is 0 Å². The molecule has 0 aliphatic rings. The van der Waals surface area contributed by atoms with Gasteiger partial charge < -0.3 is 10.6 Å². The number of nitrogens with one attached hydrogen (secondary N) is 2. The number of amides is 1. The highest BCUT2D eigenvalue weighted by Crippen LogP contribution is 2.27. The van der Waals surface area contributed by atoms with Crippen LogP contribution >= 0.6 is 11.3 Å². The van der Waals surface area contributed by atoms with Crippen molar-refractivity contribution in [2.75, 3.05) is 10.6 Å². The number of pyridine rings is 2. The topological polar surface area (TPSA) is 79.8 Å². The lowest BCUT2D eigenvalue weighted by Gasteiger charge is -2.08. The molecule has 3 aromatic heterocycles. The van der Waals surface area contributed by atoms with Gasteiger partial charge in [0, 0.05) is 52.7 Å². The molecule has 7 heteroatoms. The highest BCUT2D eigenvalue weighted by molar-refractivity contribution is 7.14. The maximum Gasteiger partial charge on any atom is 0.255 e. The van der Waals surface area contributed by atoms with Crippen LogP contribution in [0.1, 0.15) is 10.4 Å². The van der Waals surface area contributed by atoms with Gasteiger partial charge in [-0.15, -0.1) is 11.3 Å². The smallest absolute Gasteiger partial charge is 0.255 e. The second-order valence-electron chi connectivity index (χ2n) is 5.67. The molecule has 27 heavy (non-hydrogen) atoms. The molecule has 0 saturated heterocycles. The Labute approximate surface area is 160 Å². The van der Waals surface area contributed by atoms with Gasteiger partial charge in [-0.25, -0.2) is 4.98 Å². The lowest BCUT2D eigenvalue weighted by molar-refractivity contribution is 0.102. The molecular formula is C20H15N5OS. The van der Waals surface area contributed by atoms with Crippen LogP contribution in [0, 0.1) is 0 Å². The molecule has 1 amide bonds. The summed E-state index contributed by atoms with van der Waals surface area (Å²) in [6.45, 7) is 0. The van der Waals surface area contributed by atoms with E-state index in [0.29, 0.717) is 11.3 Å². The van der Waals surface area contributed by atoms with Gasteiger partial charge in [-0.3, -0.25) is 14.8 Å². The number of carbonyl (C=O) groups excluding carboxylic acids is 1. The molecule has 6 nitrogen and oxygen atoms in total.